The van der Waals surface area contributed by atoms with Crippen molar-refractivity contribution in [1.82, 2.24) is 5.16 Å². The zero-order chi connectivity index (χ0) is 29.2. The first-order valence-corrected chi connectivity index (χ1v) is 14.1. The molecule has 0 bridgehead atoms. The largest absolute Gasteiger partial charge is 0.465 e. The lowest BCUT2D eigenvalue weighted by atomic mass is 9.91. The molecule has 0 radical (unpaired) electrons. The maximum atomic E-state index is 13.1. The van der Waals surface area contributed by atoms with E-state index in [1.807, 2.05) is 62.4 Å². The number of rotatable bonds is 10. The van der Waals surface area contributed by atoms with E-state index in [1.165, 1.54) is 12.1 Å². The van der Waals surface area contributed by atoms with Gasteiger partial charge in [-0.3, -0.25) is 4.79 Å². The molecule has 4 aromatic rings. The Morgan fingerprint density at radius 1 is 1.00 bits per heavy atom. The molecule has 7 heteroatoms. The van der Waals surface area contributed by atoms with E-state index in [0.29, 0.717) is 18.6 Å². The number of benzene rings is 3. The van der Waals surface area contributed by atoms with Crippen molar-refractivity contribution in [3.8, 4) is 22.5 Å². The minimum Gasteiger partial charge on any atom is -0.465 e. The van der Waals surface area contributed by atoms with Crippen LogP contribution in [-0.4, -0.2) is 17.7 Å². The van der Waals surface area contributed by atoms with Gasteiger partial charge in [-0.25, -0.2) is 0 Å². The Balaban J connectivity index is 1.25. The van der Waals surface area contributed by atoms with E-state index in [0.717, 1.165) is 71.0 Å². The fourth-order valence-electron chi connectivity index (χ4n) is 5.42. The maximum absolute atomic E-state index is 13.1. The summed E-state index contributed by atoms with van der Waals surface area (Å²) in [6, 6.07) is 21.8. The van der Waals surface area contributed by atoms with Gasteiger partial charge in [0.15, 0.2) is 5.76 Å². The summed E-state index contributed by atoms with van der Waals surface area (Å²) in [5, 5.41) is 4.21. The zero-order valence-electron chi connectivity index (χ0n) is 23.6. The van der Waals surface area contributed by atoms with Crippen molar-refractivity contribution in [3.05, 3.63) is 101 Å². The monoisotopic (exact) mass is 561 g/mol. The van der Waals surface area contributed by atoms with Crippen molar-refractivity contribution in [2.75, 3.05) is 6.61 Å². The van der Waals surface area contributed by atoms with Crippen LogP contribution >= 0.6 is 0 Å². The van der Waals surface area contributed by atoms with Gasteiger partial charge in [0.25, 0.3) is 0 Å². The summed E-state index contributed by atoms with van der Waals surface area (Å²) in [5.41, 5.74) is 5.46. The van der Waals surface area contributed by atoms with Gasteiger partial charge in [0.2, 0.25) is 0 Å². The molecule has 1 aliphatic rings. The number of hydrogen-bond donors (Lipinski definition) is 0. The standard InChI is InChI=1S/C34H34F3NO3/c1-4-40-32(39)33(18-19-33)28-16-14-26(15-17-28)25-10-12-27(13-11-25)31-30(23(3)38-41-31)20-22(2)8-9-24-6-5-7-29(21-24)34(35,36)37/h5-7,10-17,21-22H,4,8-9,18-20H2,1-3H3. The minimum atomic E-state index is -4.33. The van der Waals surface area contributed by atoms with E-state index in [4.69, 9.17) is 9.26 Å². The van der Waals surface area contributed by atoms with Gasteiger partial charge in [-0.05, 0) is 80.2 Å². The van der Waals surface area contributed by atoms with E-state index < -0.39 is 17.2 Å². The molecule has 1 unspecified atom stereocenters. The molecule has 1 aromatic heterocycles. The van der Waals surface area contributed by atoms with Gasteiger partial charge < -0.3 is 9.26 Å². The molecule has 0 saturated heterocycles. The first kappa shape index (κ1) is 28.7. The number of carbonyl (C=O) groups is 1. The molecule has 1 atom stereocenters. The number of halogens is 3. The molecule has 0 aliphatic heterocycles. The van der Waals surface area contributed by atoms with Crippen LogP contribution in [0, 0.1) is 12.8 Å². The van der Waals surface area contributed by atoms with Crippen LogP contribution in [0.4, 0.5) is 13.2 Å². The third kappa shape index (κ3) is 6.24. The second-order valence-corrected chi connectivity index (χ2v) is 11.1. The highest BCUT2D eigenvalue weighted by atomic mass is 19.4. The summed E-state index contributed by atoms with van der Waals surface area (Å²) in [5.74, 6) is 0.809. The summed E-state index contributed by atoms with van der Waals surface area (Å²) < 4.78 is 50.2. The highest BCUT2D eigenvalue weighted by molar-refractivity contribution is 5.87. The lowest BCUT2D eigenvalue weighted by molar-refractivity contribution is -0.146. The molecular weight excluding hydrogens is 527 g/mol. The van der Waals surface area contributed by atoms with E-state index in [9.17, 15) is 18.0 Å². The molecule has 0 spiro atoms. The Morgan fingerprint density at radius 2 is 1.63 bits per heavy atom. The van der Waals surface area contributed by atoms with Crippen molar-refractivity contribution < 1.29 is 27.2 Å². The Labute approximate surface area is 238 Å². The molecular formula is C34H34F3NO3. The predicted octanol–water partition coefficient (Wildman–Crippen LogP) is 8.74. The molecule has 1 aliphatic carbocycles. The number of aromatic nitrogens is 1. The second kappa shape index (κ2) is 11.6. The van der Waals surface area contributed by atoms with Crippen LogP contribution in [0.5, 0.6) is 0 Å². The van der Waals surface area contributed by atoms with Crippen LogP contribution < -0.4 is 0 Å². The lowest BCUT2D eigenvalue weighted by Crippen LogP contribution is -2.23. The molecule has 1 heterocycles. The van der Waals surface area contributed by atoms with Crippen LogP contribution in [0.25, 0.3) is 22.5 Å². The number of aryl methyl sites for hydroxylation is 2. The predicted molar refractivity (Wildman–Crippen MR) is 152 cm³/mol. The van der Waals surface area contributed by atoms with E-state index in [1.54, 1.807) is 6.07 Å². The van der Waals surface area contributed by atoms with Gasteiger partial charge in [-0.2, -0.15) is 13.2 Å². The van der Waals surface area contributed by atoms with Crippen LogP contribution in [0.3, 0.4) is 0 Å². The molecule has 1 saturated carbocycles. The van der Waals surface area contributed by atoms with Crippen LogP contribution in [-0.2, 0) is 34.0 Å². The number of alkyl halides is 3. The first-order chi connectivity index (χ1) is 19.6. The van der Waals surface area contributed by atoms with E-state index in [2.05, 4.69) is 12.1 Å². The Bertz CT molecular complexity index is 1500. The van der Waals surface area contributed by atoms with Crippen LogP contribution in [0.1, 0.15) is 61.1 Å². The average Bonchev–Trinajstić information content (AvgIpc) is 3.71. The number of esters is 1. The molecule has 0 amide bonds. The van der Waals surface area contributed by atoms with Crippen molar-refractivity contribution in [1.29, 1.82) is 0 Å². The summed E-state index contributed by atoms with van der Waals surface area (Å²) in [6.45, 7) is 6.23. The number of ether oxygens (including phenoxy) is 1. The van der Waals surface area contributed by atoms with Crippen LogP contribution in [0.15, 0.2) is 77.3 Å². The summed E-state index contributed by atoms with van der Waals surface area (Å²) in [6.07, 6.45) is -0.657. The van der Waals surface area contributed by atoms with E-state index >= 15 is 0 Å². The number of hydrogen-bond acceptors (Lipinski definition) is 4. The van der Waals surface area contributed by atoms with Gasteiger partial charge in [-0.15, -0.1) is 0 Å². The molecule has 1 fully saturated rings. The molecule has 4 nitrogen and oxygen atoms in total. The van der Waals surface area contributed by atoms with E-state index in [-0.39, 0.29) is 11.9 Å². The molecule has 3 aromatic carbocycles. The molecule has 5 rings (SSSR count). The quantitative estimate of drug-likeness (QED) is 0.182. The van der Waals surface area contributed by atoms with Gasteiger partial charge in [0.05, 0.1) is 23.3 Å². The molecule has 0 N–H and O–H groups in total. The van der Waals surface area contributed by atoms with Crippen molar-refractivity contribution >= 4 is 5.97 Å². The molecule has 41 heavy (non-hydrogen) atoms. The average molecular weight is 562 g/mol. The highest BCUT2D eigenvalue weighted by Crippen LogP contribution is 2.49. The lowest BCUT2D eigenvalue weighted by Gasteiger charge is -2.15. The smallest absolute Gasteiger partial charge is 0.416 e. The zero-order valence-corrected chi connectivity index (χ0v) is 23.6. The molecule has 214 valence electrons. The number of nitrogens with zero attached hydrogens (tertiary/aromatic N) is 1. The van der Waals surface area contributed by atoms with Gasteiger partial charge in [-0.1, -0.05) is 78.8 Å². The van der Waals surface area contributed by atoms with Crippen molar-refractivity contribution in [2.45, 2.75) is 64.5 Å². The summed E-state index contributed by atoms with van der Waals surface area (Å²) in [7, 11) is 0. The Hall–Kier alpha value is -3.87. The highest BCUT2D eigenvalue weighted by Gasteiger charge is 2.52. The second-order valence-electron chi connectivity index (χ2n) is 11.1. The van der Waals surface area contributed by atoms with Crippen molar-refractivity contribution in [3.63, 3.8) is 0 Å². The SMILES string of the molecule is CCOC(=O)C1(c2ccc(-c3ccc(-c4onc(C)c4CC(C)CCc4cccc(C(F)(F)F)c4)cc3)cc2)CC1. The third-order valence-corrected chi connectivity index (χ3v) is 8.05. The minimum absolute atomic E-state index is 0.139. The van der Waals surface area contributed by atoms with Crippen molar-refractivity contribution in [2.24, 2.45) is 5.92 Å². The summed E-state index contributed by atoms with van der Waals surface area (Å²) >= 11 is 0. The number of carbonyl (C=O) groups excluding carboxylic acids is 1. The third-order valence-electron chi connectivity index (χ3n) is 8.05. The topological polar surface area (TPSA) is 52.3 Å². The Morgan fingerprint density at radius 3 is 2.24 bits per heavy atom. The summed E-state index contributed by atoms with van der Waals surface area (Å²) in [4.78, 5) is 12.4. The fourth-order valence-corrected chi connectivity index (χ4v) is 5.42. The van der Waals surface area contributed by atoms with Gasteiger partial charge in [0.1, 0.15) is 0 Å². The van der Waals surface area contributed by atoms with Gasteiger partial charge in [0, 0.05) is 11.1 Å². The Kier molecular flexibility index (Phi) is 8.07. The van der Waals surface area contributed by atoms with Crippen LogP contribution in [0.2, 0.25) is 0 Å². The fraction of sp³-hybridized carbons (Fsp3) is 0.353. The first-order valence-electron chi connectivity index (χ1n) is 14.1. The normalized spacial score (nSPS) is 15.0. The maximum Gasteiger partial charge on any atom is 0.416 e. The van der Waals surface area contributed by atoms with Gasteiger partial charge >= 0.3 is 12.1 Å².